The van der Waals surface area contributed by atoms with E-state index < -0.39 is 47.2 Å². The second-order valence-corrected chi connectivity index (χ2v) is 8.78. The van der Waals surface area contributed by atoms with E-state index in [1.807, 2.05) is 96.0 Å². The molecule has 1 aromatic heterocycles. The van der Waals surface area contributed by atoms with Crippen molar-refractivity contribution >= 4 is 0 Å². The maximum Gasteiger partial charge on any atom is 0.330 e. The molecule has 8 nitrogen and oxygen atoms in total. The normalized spacial score (nSPS) is 21.7. The van der Waals surface area contributed by atoms with E-state index in [1.165, 1.54) is 0 Å². The third-order valence-corrected chi connectivity index (χ3v) is 6.54. The van der Waals surface area contributed by atoms with Crippen LogP contribution in [0.3, 0.4) is 0 Å². The molecule has 1 aliphatic rings. The second kappa shape index (κ2) is 10.2. The van der Waals surface area contributed by atoms with Crippen LogP contribution in [0.25, 0.3) is 0 Å². The van der Waals surface area contributed by atoms with Crippen molar-refractivity contribution in [3.8, 4) is 0 Å². The summed E-state index contributed by atoms with van der Waals surface area (Å²) >= 11 is 0. The highest BCUT2D eigenvalue weighted by Crippen LogP contribution is 2.41. The van der Waals surface area contributed by atoms with Crippen LogP contribution in [0.1, 0.15) is 22.9 Å². The Morgan fingerprint density at radius 3 is 1.81 bits per heavy atom. The van der Waals surface area contributed by atoms with Crippen LogP contribution in [0.15, 0.2) is 107 Å². The van der Waals surface area contributed by atoms with Gasteiger partial charge < -0.3 is 19.7 Å². The first-order valence-electron chi connectivity index (χ1n) is 11.7. The van der Waals surface area contributed by atoms with Gasteiger partial charge >= 0.3 is 5.69 Å². The lowest BCUT2D eigenvalue weighted by Crippen LogP contribution is -2.40. The van der Waals surface area contributed by atoms with E-state index >= 15 is 0 Å². The molecule has 3 N–H and O–H groups in total. The summed E-state index contributed by atoms with van der Waals surface area (Å²) in [4.78, 5) is 25.5. The number of hydrogen-bond donors (Lipinski definition) is 3. The molecule has 190 valence electrons. The van der Waals surface area contributed by atoms with Gasteiger partial charge in [-0.2, -0.15) is 4.39 Å². The van der Waals surface area contributed by atoms with E-state index in [4.69, 9.17) is 9.47 Å². The minimum Gasteiger partial charge on any atom is -0.387 e. The Hall–Kier alpha value is -3.89. The molecule has 0 saturated carbocycles. The first-order chi connectivity index (χ1) is 17.9. The van der Waals surface area contributed by atoms with Crippen LogP contribution in [0.4, 0.5) is 4.39 Å². The number of aliphatic hydroxyl groups excluding tert-OH is 2. The summed E-state index contributed by atoms with van der Waals surface area (Å²) in [5.74, 6) is -1.22. The molecular weight excluding hydrogens is 479 g/mol. The van der Waals surface area contributed by atoms with Gasteiger partial charge in [0.05, 0.1) is 12.8 Å². The average Bonchev–Trinajstić information content (AvgIpc) is 3.21. The van der Waals surface area contributed by atoms with Gasteiger partial charge in [-0.15, -0.1) is 0 Å². The molecule has 2 unspecified atom stereocenters. The molecule has 0 bridgehead atoms. The van der Waals surface area contributed by atoms with Gasteiger partial charge in [-0.25, -0.2) is 4.79 Å². The van der Waals surface area contributed by atoms with Gasteiger partial charge in [0, 0.05) is 0 Å². The van der Waals surface area contributed by atoms with E-state index in [0.717, 1.165) is 16.7 Å². The highest BCUT2D eigenvalue weighted by molar-refractivity contribution is 5.47. The summed E-state index contributed by atoms with van der Waals surface area (Å²) in [5.41, 5.74) is -0.775. The van der Waals surface area contributed by atoms with Crippen molar-refractivity contribution in [1.82, 2.24) is 9.55 Å². The highest BCUT2D eigenvalue weighted by Gasteiger charge is 2.46. The van der Waals surface area contributed by atoms with E-state index in [1.54, 1.807) is 0 Å². The molecule has 5 rings (SSSR count). The minimum atomic E-state index is -1.57. The number of hydrogen-bond acceptors (Lipinski definition) is 6. The minimum absolute atomic E-state index is 0.187. The van der Waals surface area contributed by atoms with E-state index in [9.17, 15) is 24.2 Å². The number of H-pyrrole nitrogens is 1. The maximum atomic E-state index is 13.9. The quantitative estimate of drug-likeness (QED) is 0.333. The summed E-state index contributed by atoms with van der Waals surface area (Å²) in [7, 11) is 0. The summed E-state index contributed by atoms with van der Waals surface area (Å²) in [6.07, 6.45) is -4.88. The Morgan fingerprint density at radius 2 is 1.32 bits per heavy atom. The Kier molecular flexibility index (Phi) is 6.86. The molecule has 37 heavy (non-hydrogen) atoms. The largest absolute Gasteiger partial charge is 0.387 e. The predicted octanol–water partition coefficient (Wildman–Crippen LogP) is 2.30. The van der Waals surface area contributed by atoms with Gasteiger partial charge in [0.15, 0.2) is 6.23 Å². The van der Waals surface area contributed by atoms with Crippen molar-refractivity contribution < 1.29 is 24.1 Å². The topological polar surface area (TPSA) is 114 Å². The number of nitrogens with one attached hydrogen (secondary N) is 1. The van der Waals surface area contributed by atoms with E-state index in [2.05, 4.69) is 0 Å². The molecule has 4 atom stereocenters. The highest BCUT2D eigenvalue weighted by atomic mass is 19.1. The number of nitrogens with zero attached hydrogens (tertiary/aromatic N) is 1. The van der Waals surface area contributed by atoms with Crippen LogP contribution in [-0.2, 0) is 15.1 Å². The fourth-order valence-corrected chi connectivity index (χ4v) is 4.72. The van der Waals surface area contributed by atoms with Crippen molar-refractivity contribution in [2.45, 2.75) is 30.1 Å². The summed E-state index contributed by atoms with van der Waals surface area (Å²) < 4.78 is 27.0. The smallest absolute Gasteiger partial charge is 0.330 e. The van der Waals surface area contributed by atoms with E-state index in [0.29, 0.717) is 10.8 Å². The fourth-order valence-electron chi connectivity index (χ4n) is 4.72. The van der Waals surface area contributed by atoms with Gasteiger partial charge in [0.1, 0.15) is 23.9 Å². The molecule has 9 heteroatoms. The molecule has 0 spiro atoms. The van der Waals surface area contributed by atoms with Gasteiger partial charge in [0.25, 0.3) is 5.56 Å². The summed E-state index contributed by atoms with van der Waals surface area (Å²) in [6.45, 7) is -0.187. The number of aromatic amines is 1. The summed E-state index contributed by atoms with van der Waals surface area (Å²) in [5, 5.41) is 21.4. The van der Waals surface area contributed by atoms with Crippen LogP contribution >= 0.6 is 0 Å². The molecule has 2 heterocycles. The number of rotatable bonds is 7. The van der Waals surface area contributed by atoms with Crippen molar-refractivity contribution in [3.05, 3.63) is 141 Å². The molecule has 1 aliphatic heterocycles. The van der Waals surface area contributed by atoms with E-state index in [-0.39, 0.29) is 6.61 Å². The van der Waals surface area contributed by atoms with Crippen molar-refractivity contribution in [1.29, 1.82) is 0 Å². The zero-order chi connectivity index (χ0) is 26.0. The van der Waals surface area contributed by atoms with Crippen molar-refractivity contribution in [2.24, 2.45) is 0 Å². The standard InChI is InChI=1S/C28H25FN2O6/c29-21-16-31(27(35)30-25(21)34)26-24(33)23(32)22(37-26)17-36-28(18-10-4-1-5-11-18,19-12-6-2-7-13-19)20-14-8-3-9-15-20/h1-16,22-24,26,32-33H,17H2,(H,30,34,35)/t22-,23?,24?,26-/m0/s1. The Labute approximate surface area is 211 Å². The summed E-state index contributed by atoms with van der Waals surface area (Å²) in [6, 6.07) is 28.7. The zero-order valence-electron chi connectivity index (χ0n) is 19.6. The van der Waals surface area contributed by atoms with Crippen LogP contribution in [0.2, 0.25) is 0 Å². The molecule has 1 fully saturated rings. The van der Waals surface area contributed by atoms with Crippen LogP contribution in [-0.4, -0.2) is 44.7 Å². The SMILES string of the molecule is O=c1[nH]c(=O)n([C@H]2O[C@@H](COC(c3ccccc3)(c3ccccc3)c3ccccc3)C(O)C2O)cc1F. The van der Waals surface area contributed by atoms with Gasteiger partial charge in [-0.05, 0) is 16.7 Å². The molecule has 0 aliphatic carbocycles. The average molecular weight is 505 g/mol. The Morgan fingerprint density at radius 1 is 0.838 bits per heavy atom. The lowest BCUT2D eigenvalue weighted by Gasteiger charge is -2.37. The van der Waals surface area contributed by atoms with Gasteiger partial charge in [-0.1, -0.05) is 91.0 Å². The third kappa shape index (κ3) is 4.54. The number of aliphatic hydroxyl groups is 2. The monoisotopic (exact) mass is 504 g/mol. The van der Waals surface area contributed by atoms with Crippen molar-refractivity contribution in [2.75, 3.05) is 6.61 Å². The Bertz CT molecular complexity index is 1360. The molecule has 0 amide bonds. The number of benzene rings is 3. The molecule has 3 aromatic carbocycles. The van der Waals surface area contributed by atoms with Gasteiger partial charge in [0.2, 0.25) is 5.82 Å². The fraction of sp³-hybridized carbons (Fsp3) is 0.214. The first-order valence-corrected chi connectivity index (χ1v) is 11.7. The maximum absolute atomic E-state index is 13.9. The second-order valence-electron chi connectivity index (χ2n) is 8.78. The van der Waals surface area contributed by atoms with Gasteiger partial charge in [-0.3, -0.25) is 14.3 Å². The number of halogens is 1. The zero-order valence-corrected chi connectivity index (χ0v) is 19.6. The lowest BCUT2D eigenvalue weighted by atomic mass is 9.80. The molecule has 0 radical (unpaired) electrons. The lowest BCUT2D eigenvalue weighted by molar-refractivity contribution is -0.0960. The van der Waals surface area contributed by atoms with Crippen molar-refractivity contribution in [3.63, 3.8) is 0 Å². The van der Waals surface area contributed by atoms with Crippen LogP contribution in [0, 0.1) is 5.82 Å². The predicted molar refractivity (Wildman–Crippen MR) is 132 cm³/mol. The molecule has 1 saturated heterocycles. The molecular formula is C28H25FN2O6. The Balaban J connectivity index is 1.53. The van der Waals surface area contributed by atoms with Crippen LogP contribution < -0.4 is 11.2 Å². The van der Waals surface area contributed by atoms with Crippen LogP contribution in [0.5, 0.6) is 0 Å². The number of aromatic nitrogens is 2. The first kappa shape index (κ1) is 24.8. The molecule has 4 aromatic rings. The number of ether oxygens (including phenoxy) is 2. The third-order valence-electron chi connectivity index (χ3n) is 6.54.